The van der Waals surface area contributed by atoms with Gasteiger partial charge >= 0.3 is 6.18 Å². The van der Waals surface area contributed by atoms with E-state index in [2.05, 4.69) is 5.32 Å². The molecule has 1 unspecified atom stereocenters. The first-order valence-corrected chi connectivity index (χ1v) is 7.01. The van der Waals surface area contributed by atoms with Gasteiger partial charge in [-0.1, -0.05) is 6.92 Å². The lowest BCUT2D eigenvalue weighted by atomic mass is 10.1. The lowest BCUT2D eigenvalue weighted by molar-refractivity contribution is -0.137. The molecule has 0 bridgehead atoms. The van der Waals surface area contributed by atoms with Crippen molar-refractivity contribution in [1.29, 1.82) is 0 Å². The quantitative estimate of drug-likeness (QED) is 0.796. The molecule has 0 aliphatic carbocycles. The second-order valence-corrected chi connectivity index (χ2v) is 6.38. The van der Waals surface area contributed by atoms with Crippen LogP contribution in [0.5, 0.6) is 0 Å². The van der Waals surface area contributed by atoms with Crippen LogP contribution in [0.1, 0.15) is 12.5 Å². The van der Waals surface area contributed by atoms with Gasteiger partial charge in [-0.2, -0.15) is 13.2 Å². The molecule has 8 heteroatoms. The minimum absolute atomic E-state index is 0.279. The van der Waals surface area contributed by atoms with Gasteiger partial charge in [0.2, 0.25) is 5.91 Å². The zero-order valence-electron chi connectivity index (χ0n) is 9.78. The summed E-state index contributed by atoms with van der Waals surface area (Å²) in [6.07, 6.45) is -4.60. The number of sulfone groups is 1. The first kappa shape index (κ1) is 13.9. The maximum atomic E-state index is 12.6. The van der Waals surface area contributed by atoms with Crippen molar-refractivity contribution < 1.29 is 26.4 Å². The predicted molar refractivity (Wildman–Crippen MR) is 61.3 cm³/mol. The van der Waals surface area contributed by atoms with E-state index in [-0.39, 0.29) is 10.6 Å². The number of carbonyl (C=O) groups excluding carboxylic acids is 1. The molecular formula is C11H10F3NO3S. The molecule has 0 saturated carbocycles. The molecule has 0 radical (unpaired) electrons. The first-order chi connectivity index (χ1) is 8.61. The summed E-state index contributed by atoms with van der Waals surface area (Å²) < 4.78 is 61.6. The average molecular weight is 293 g/mol. The Bertz CT molecular complexity index is 637. The SMILES string of the molecule is CC1CS(=O)(=O)c2ccc(C(F)(F)F)cc2NC1=O. The Kier molecular flexibility index (Phi) is 3.08. The number of hydrogen-bond donors (Lipinski definition) is 1. The van der Waals surface area contributed by atoms with Crippen molar-refractivity contribution in [3.63, 3.8) is 0 Å². The van der Waals surface area contributed by atoms with Gasteiger partial charge in [0.25, 0.3) is 0 Å². The van der Waals surface area contributed by atoms with Crippen molar-refractivity contribution in [3.8, 4) is 0 Å². The van der Waals surface area contributed by atoms with E-state index in [9.17, 15) is 26.4 Å². The van der Waals surface area contributed by atoms with Crippen LogP contribution in [-0.4, -0.2) is 20.1 Å². The standard InChI is InChI=1S/C11H10F3NO3S/c1-6-5-19(17,18)9-3-2-7(11(12,13)14)4-8(9)15-10(6)16/h2-4,6H,5H2,1H3,(H,15,16). The molecule has 104 valence electrons. The molecule has 1 amide bonds. The molecule has 1 aromatic carbocycles. The monoisotopic (exact) mass is 293 g/mol. The molecule has 1 N–H and O–H groups in total. The van der Waals surface area contributed by atoms with Crippen LogP contribution in [0.2, 0.25) is 0 Å². The number of carbonyl (C=O) groups is 1. The minimum atomic E-state index is -4.60. The van der Waals surface area contributed by atoms with Crippen LogP contribution < -0.4 is 5.32 Å². The van der Waals surface area contributed by atoms with Crippen LogP contribution in [-0.2, 0) is 20.8 Å². The van der Waals surface area contributed by atoms with E-state index >= 15 is 0 Å². The molecule has 0 saturated heterocycles. The fourth-order valence-electron chi connectivity index (χ4n) is 1.83. The predicted octanol–water partition coefficient (Wildman–Crippen LogP) is 2.07. The van der Waals surface area contributed by atoms with Crippen molar-refractivity contribution in [2.45, 2.75) is 18.0 Å². The normalized spacial score (nSPS) is 22.3. The molecule has 4 nitrogen and oxygen atoms in total. The smallest absolute Gasteiger partial charge is 0.325 e. The number of benzene rings is 1. The summed E-state index contributed by atoms with van der Waals surface area (Å²) in [5.74, 6) is -1.84. The Balaban J connectivity index is 2.62. The lowest BCUT2D eigenvalue weighted by Gasteiger charge is -2.11. The van der Waals surface area contributed by atoms with Crippen LogP contribution in [0.4, 0.5) is 18.9 Å². The summed E-state index contributed by atoms with van der Waals surface area (Å²) in [7, 11) is -3.77. The number of alkyl halides is 3. The summed E-state index contributed by atoms with van der Waals surface area (Å²) in [5, 5.41) is 2.22. The van der Waals surface area contributed by atoms with Crippen LogP contribution in [0.3, 0.4) is 0 Å². The maximum absolute atomic E-state index is 12.6. The van der Waals surface area contributed by atoms with Gasteiger partial charge in [0.15, 0.2) is 9.84 Å². The van der Waals surface area contributed by atoms with Gasteiger partial charge in [0, 0.05) is 5.92 Å². The van der Waals surface area contributed by atoms with Gasteiger partial charge < -0.3 is 5.32 Å². The van der Waals surface area contributed by atoms with Crippen LogP contribution in [0.25, 0.3) is 0 Å². The van der Waals surface area contributed by atoms with Crippen molar-refractivity contribution in [1.82, 2.24) is 0 Å². The van der Waals surface area contributed by atoms with Gasteiger partial charge in [-0.15, -0.1) is 0 Å². The number of anilines is 1. The van der Waals surface area contributed by atoms with Crippen molar-refractivity contribution in [3.05, 3.63) is 23.8 Å². The van der Waals surface area contributed by atoms with Crippen LogP contribution in [0, 0.1) is 5.92 Å². The highest BCUT2D eigenvalue weighted by molar-refractivity contribution is 7.91. The molecule has 1 aliphatic heterocycles. The van der Waals surface area contributed by atoms with Gasteiger partial charge in [0.05, 0.1) is 21.9 Å². The first-order valence-electron chi connectivity index (χ1n) is 5.36. The van der Waals surface area contributed by atoms with E-state index in [4.69, 9.17) is 0 Å². The largest absolute Gasteiger partial charge is 0.416 e. The van der Waals surface area contributed by atoms with Crippen molar-refractivity contribution in [2.24, 2.45) is 5.92 Å². The summed E-state index contributed by atoms with van der Waals surface area (Å²) in [6.45, 7) is 1.41. The highest BCUT2D eigenvalue weighted by Gasteiger charge is 2.35. The Morgan fingerprint density at radius 3 is 2.53 bits per heavy atom. The molecule has 19 heavy (non-hydrogen) atoms. The van der Waals surface area contributed by atoms with Gasteiger partial charge in [-0.25, -0.2) is 8.42 Å². The minimum Gasteiger partial charge on any atom is -0.325 e. The highest BCUT2D eigenvalue weighted by atomic mass is 32.2. The van der Waals surface area contributed by atoms with Crippen molar-refractivity contribution >= 4 is 21.4 Å². The number of halogens is 3. The maximum Gasteiger partial charge on any atom is 0.416 e. The van der Waals surface area contributed by atoms with E-state index < -0.39 is 39.2 Å². The van der Waals surface area contributed by atoms with Crippen molar-refractivity contribution in [2.75, 3.05) is 11.1 Å². The number of amides is 1. The fourth-order valence-corrected chi connectivity index (χ4v) is 3.54. The van der Waals surface area contributed by atoms with E-state index in [1.807, 2.05) is 0 Å². The highest BCUT2D eigenvalue weighted by Crippen LogP contribution is 2.35. The Morgan fingerprint density at radius 1 is 1.32 bits per heavy atom. The van der Waals surface area contributed by atoms with Crippen LogP contribution in [0.15, 0.2) is 23.1 Å². The third-order valence-corrected chi connectivity index (χ3v) is 4.78. The number of rotatable bonds is 0. The van der Waals surface area contributed by atoms with E-state index in [0.29, 0.717) is 12.1 Å². The van der Waals surface area contributed by atoms with Crippen LogP contribution >= 0.6 is 0 Å². The number of hydrogen-bond acceptors (Lipinski definition) is 3. The molecule has 0 spiro atoms. The zero-order chi connectivity index (χ0) is 14.4. The summed E-state index contributed by atoms with van der Waals surface area (Å²) in [5.41, 5.74) is -1.32. The third kappa shape index (κ3) is 2.58. The molecule has 1 heterocycles. The Labute approximate surface area is 107 Å². The Hall–Kier alpha value is -1.57. The summed E-state index contributed by atoms with van der Waals surface area (Å²) in [4.78, 5) is 11.3. The number of fused-ring (bicyclic) bond motifs is 1. The molecule has 0 fully saturated rings. The number of nitrogens with one attached hydrogen (secondary N) is 1. The van der Waals surface area contributed by atoms with Gasteiger partial charge in [0.1, 0.15) is 0 Å². The summed E-state index contributed by atoms with van der Waals surface area (Å²) >= 11 is 0. The lowest BCUT2D eigenvalue weighted by Crippen LogP contribution is -2.22. The second-order valence-electron chi connectivity index (χ2n) is 4.38. The molecule has 1 atom stereocenters. The van der Waals surface area contributed by atoms with Gasteiger partial charge in [-0.3, -0.25) is 4.79 Å². The summed E-state index contributed by atoms with van der Waals surface area (Å²) in [6, 6.07) is 2.22. The topological polar surface area (TPSA) is 63.2 Å². The van der Waals surface area contributed by atoms with E-state index in [1.165, 1.54) is 6.92 Å². The average Bonchev–Trinajstić information content (AvgIpc) is 2.33. The third-order valence-electron chi connectivity index (χ3n) is 2.82. The molecule has 2 rings (SSSR count). The second kappa shape index (κ2) is 4.22. The fraction of sp³-hybridized carbons (Fsp3) is 0.364. The molecule has 1 aromatic rings. The van der Waals surface area contributed by atoms with E-state index in [0.717, 1.165) is 6.07 Å². The molecule has 1 aliphatic rings. The zero-order valence-corrected chi connectivity index (χ0v) is 10.6. The van der Waals surface area contributed by atoms with Gasteiger partial charge in [-0.05, 0) is 18.2 Å². The Morgan fingerprint density at radius 2 is 1.95 bits per heavy atom. The molecular weight excluding hydrogens is 283 g/mol. The van der Waals surface area contributed by atoms with E-state index in [1.54, 1.807) is 0 Å². The molecule has 0 aromatic heterocycles.